The molecule has 3 aromatic carbocycles. The maximum Gasteiger partial charge on any atom is 0.254 e. The molecule has 1 atom stereocenters. The zero-order valence-corrected chi connectivity index (χ0v) is 16.2. The molecule has 1 unspecified atom stereocenters. The maximum absolute atomic E-state index is 13.1. The average Bonchev–Trinajstić information content (AvgIpc) is 2.79. The summed E-state index contributed by atoms with van der Waals surface area (Å²) < 4.78 is 0. The van der Waals surface area contributed by atoms with E-state index in [2.05, 4.69) is 5.48 Å². The van der Waals surface area contributed by atoms with Gasteiger partial charge in [-0.15, -0.1) is 0 Å². The molecule has 5 nitrogen and oxygen atoms in total. The van der Waals surface area contributed by atoms with Crippen LogP contribution in [0.25, 0.3) is 10.8 Å². The van der Waals surface area contributed by atoms with E-state index in [0.29, 0.717) is 25.3 Å². The lowest BCUT2D eigenvalue weighted by Crippen LogP contribution is -2.45. The van der Waals surface area contributed by atoms with E-state index >= 15 is 0 Å². The van der Waals surface area contributed by atoms with Crippen LogP contribution in [0.5, 0.6) is 0 Å². The molecule has 3 aromatic rings. The molecule has 0 saturated carbocycles. The smallest absolute Gasteiger partial charge is 0.254 e. The highest BCUT2D eigenvalue weighted by Gasteiger charge is 2.29. The second-order valence-electron chi connectivity index (χ2n) is 7.36. The van der Waals surface area contributed by atoms with Crippen LogP contribution in [0, 0.1) is 5.92 Å². The Morgan fingerprint density at radius 2 is 1.72 bits per heavy atom. The number of hydrogen-bond donors (Lipinski definition) is 1. The fourth-order valence-corrected chi connectivity index (χ4v) is 3.81. The summed E-state index contributed by atoms with van der Waals surface area (Å²) in [5.74, 6) is -0.459. The fourth-order valence-electron chi connectivity index (χ4n) is 3.81. The first kappa shape index (κ1) is 19.2. The quantitative estimate of drug-likeness (QED) is 0.674. The van der Waals surface area contributed by atoms with Crippen molar-refractivity contribution in [2.75, 3.05) is 13.1 Å². The highest BCUT2D eigenvalue weighted by molar-refractivity contribution is 6.07. The molecular weight excluding hydrogens is 364 g/mol. The number of amides is 2. The van der Waals surface area contributed by atoms with Gasteiger partial charge in [0, 0.05) is 18.7 Å². The van der Waals surface area contributed by atoms with E-state index in [9.17, 15) is 9.59 Å². The third-order valence-corrected chi connectivity index (χ3v) is 5.35. The highest BCUT2D eigenvalue weighted by Crippen LogP contribution is 2.23. The number of likely N-dealkylation sites (tertiary alicyclic amines) is 1. The van der Waals surface area contributed by atoms with Gasteiger partial charge in [0.15, 0.2) is 0 Å². The Morgan fingerprint density at radius 1 is 0.966 bits per heavy atom. The summed E-state index contributed by atoms with van der Waals surface area (Å²) in [6.45, 7) is 1.39. The predicted molar refractivity (Wildman–Crippen MR) is 112 cm³/mol. The molecule has 1 fully saturated rings. The van der Waals surface area contributed by atoms with E-state index in [4.69, 9.17) is 4.84 Å². The third kappa shape index (κ3) is 4.46. The van der Waals surface area contributed by atoms with Gasteiger partial charge in [0.05, 0.1) is 12.5 Å². The first-order chi connectivity index (χ1) is 14.2. The molecule has 0 radical (unpaired) electrons. The topological polar surface area (TPSA) is 58.6 Å². The molecule has 0 aromatic heterocycles. The van der Waals surface area contributed by atoms with Crippen molar-refractivity contribution in [1.82, 2.24) is 10.4 Å². The molecule has 5 heteroatoms. The van der Waals surface area contributed by atoms with Gasteiger partial charge in [-0.3, -0.25) is 14.4 Å². The Hall–Kier alpha value is -3.18. The molecule has 1 aliphatic rings. The van der Waals surface area contributed by atoms with E-state index in [-0.39, 0.29) is 17.7 Å². The van der Waals surface area contributed by atoms with Gasteiger partial charge in [0.2, 0.25) is 5.91 Å². The largest absolute Gasteiger partial charge is 0.338 e. The number of nitrogens with zero attached hydrogens (tertiary/aromatic N) is 1. The molecule has 148 valence electrons. The SMILES string of the molecule is O=C(NOCc1ccccc1)C1CCCN(C(=O)c2cccc3ccccc23)C1. The summed E-state index contributed by atoms with van der Waals surface area (Å²) in [5.41, 5.74) is 4.23. The monoisotopic (exact) mass is 388 g/mol. The molecule has 0 aliphatic carbocycles. The van der Waals surface area contributed by atoms with E-state index in [1.807, 2.05) is 72.8 Å². The Kier molecular flexibility index (Phi) is 5.86. The van der Waals surface area contributed by atoms with Crippen molar-refractivity contribution in [2.24, 2.45) is 5.92 Å². The van der Waals surface area contributed by atoms with E-state index in [1.165, 1.54) is 0 Å². The third-order valence-electron chi connectivity index (χ3n) is 5.35. The van der Waals surface area contributed by atoms with Gasteiger partial charge < -0.3 is 4.90 Å². The number of fused-ring (bicyclic) bond motifs is 1. The van der Waals surface area contributed by atoms with Gasteiger partial charge in [0.25, 0.3) is 5.91 Å². The second-order valence-corrected chi connectivity index (χ2v) is 7.36. The summed E-state index contributed by atoms with van der Waals surface area (Å²) in [6, 6.07) is 23.3. The molecule has 1 N–H and O–H groups in total. The Balaban J connectivity index is 1.38. The van der Waals surface area contributed by atoms with Gasteiger partial charge in [-0.2, -0.15) is 0 Å². The zero-order valence-electron chi connectivity index (χ0n) is 16.2. The van der Waals surface area contributed by atoms with Crippen LogP contribution in [0.15, 0.2) is 72.8 Å². The number of piperidine rings is 1. The minimum atomic E-state index is -0.265. The number of benzene rings is 3. The predicted octanol–water partition coefficient (Wildman–Crippen LogP) is 3.94. The number of hydroxylamine groups is 1. The number of carbonyl (C=O) groups excluding carboxylic acids is 2. The van der Waals surface area contributed by atoms with E-state index < -0.39 is 0 Å². The lowest BCUT2D eigenvalue weighted by Gasteiger charge is -2.32. The second kappa shape index (κ2) is 8.88. The molecule has 4 rings (SSSR count). The molecule has 1 heterocycles. The zero-order chi connectivity index (χ0) is 20.1. The van der Waals surface area contributed by atoms with Crippen molar-refractivity contribution >= 4 is 22.6 Å². The van der Waals surface area contributed by atoms with Crippen LogP contribution in [0.3, 0.4) is 0 Å². The molecule has 1 saturated heterocycles. The molecule has 0 spiro atoms. The van der Waals surface area contributed by atoms with Crippen molar-refractivity contribution in [3.8, 4) is 0 Å². The Bertz CT molecular complexity index is 998. The lowest BCUT2D eigenvalue weighted by molar-refractivity contribution is -0.140. The molecule has 29 heavy (non-hydrogen) atoms. The number of hydrogen-bond acceptors (Lipinski definition) is 3. The van der Waals surface area contributed by atoms with Crippen LogP contribution in [0.4, 0.5) is 0 Å². The fraction of sp³-hybridized carbons (Fsp3) is 0.250. The van der Waals surface area contributed by atoms with Gasteiger partial charge >= 0.3 is 0 Å². The maximum atomic E-state index is 13.1. The normalized spacial score (nSPS) is 16.6. The van der Waals surface area contributed by atoms with Gasteiger partial charge in [0.1, 0.15) is 0 Å². The van der Waals surface area contributed by atoms with Crippen LogP contribution in [0.2, 0.25) is 0 Å². The van der Waals surface area contributed by atoms with E-state index in [1.54, 1.807) is 4.90 Å². The summed E-state index contributed by atoms with van der Waals surface area (Å²) in [6.07, 6.45) is 1.55. The average molecular weight is 388 g/mol. The van der Waals surface area contributed by atoms with Crippen molar-refractivity contribution in [2.45, 2.75) is 19.4 Å². The van der Waals surface area contributed by atoms with Crippen LogP contribution in [-0.2, 0) is 16.2 Å². The molecule has 0 bridgehead atoms. The molecule has 1 aliphatic heterocycles. The van der Waals surface area contributed by atoms with Crippen LogP contribution >= 0.6 is 0 Å². The Morgan fingerprint density at radius 3 is 2.59 bits per heavy atom. The van der Waals surface area contributed by atoms with Crippen LogP contribution in [-0.4, -0.2) is 29.8 Å². The highest BCUT2D eigenvalue weighted by atomic mass is 16.6. The van der Waals surface area contributed by atoms with E-state index in [0.717, 1.165) is 29.2 Å². The van der Waals surface area contributed by atoms with Crippen molar-refractivity contribution in [1.29, 1.82) is 0 Å². The Labute approximate surface area is 170 Å². The number of rotatable bonds is 5. The summed E-state index contributed by atoms with van der Waals surface area (Å²) >= 11 is 0. The van der Waals surface area contributed by atoms with Crippen molar-refractivity contribution in [3.63, 3.8) is 0 Å². The van der Waals surface area contributed by atoms with Crippen LogP contribution < -0.4 is 5.48 Å². The number of nitrogens with one attached hydrogen (secondary N) is 1. The van der Waals surface area contributed by atoms with Gasteiger partial charge in [-0.05, 0) is 35.2 Å². The van der Waals surface area contributed by atoms with Gasteiger partial charge in [-0.25, -0.2) is 5.48 Å². The first-order valence-electron chi connectivity index (χ1n) is 9.95. The summed E-state index contributed by atoms with van der Waals surface area (Å²) in [7, 11) is 0. The number of carbonyl (C=O) groups is 2. The molecule has 2 amide bonds. The summed E-state index contributed by atoms with van der Waals surface area (Å²) in [4.78, 5) is 32.8. The van der Waals surface area contributed by atoms with Crippen molar-refractivity contribution < 1.29 is 14.4 Å². The molecular formula is C24H24N2O3. The lowest BCUT2D eigenvalue weighted by atomic mass is 9.96. The van der Waals surface area contributed by atoms with Crippen LogP contribution in [0.1, 0.15) is 28.8 Å². The standard InChI is InChI=1S/C24H24N2O3/c27-23(25-29-17-18-8-2-1-3-9-18)20-12-7-15-26(16-20)24(28)22-14-6-11-19-10-4-5-13-21(19)22/h1-6,8-11,13-14,20H,7,12,15-17H2,(H,25,27). The summed E-state index contributed by atoms with van der Waals surface area (Å²) in [5, 5.41) is 1.98. The minimum absolute atomic E-state index is 0.0236. The first-order valence-corrected chi connectivity index (χ1v) is 9.95. The van der Waals surface area contributed by atoms with Crippen molar-refractivity contribution in [3.05, 3.63) is 83.9 Å². The van der Waals surface area contributed by atoms with Gasteiger partial charge in [-0.1, -0.05) is 66.7 Å². The minimum Gasteiger partial charge on any atom is -0.338 e.